The van der Waals surface area contributed by atoms with Crippen LogP contribution in [-0.4, -0.2) is 41.4 Å². The molecule has 1 aromatic carbocycles. The van der Waals surface area contributed by atoms with Crippen molar-refractivity contribution in [2.45, 2.75) is 32.6 Å². The number of carbonyl (C=O) groups is 1. The average Bonchev–Trinajstić information content (AvgIpc) is 3.26. The third-order valence-corrected chi connectivity index (χ3v) is 6.45. The average molecular weight is 370 g/mol. The number of rotatable bonds is 6. The number of hydrogen-bond acceptors (Lipinski definition) is 3. The third-order valence-electron chi connectivity index (χ3n) is 5.57. The smallest absolute Gasteiger partial charge is 0.254 e. The summed E-state index contributed by atoms with van der Waals surface area (Å²) in [5, 5.41) is 6.32. The summed E-state index contributed by atoms with van der Waals surface area (Å²) >= 11 is 1.63. The molecule has 26 heavy (non-hydrogen) atoms. The summed E-state index contributed by atoms with van der Waals surface area (Å²) in [7, 11) is 0. The van der Waals surface area contributed by atoms with Crippen LogP contribution in [0.3, 0.4) is 0 Å². The number of para-hydroxylation sites is 1. The predicted octanol–water partition coefficient (Wildman–Crippen LogP) is 4.40. The number of piperidine rings is 1. The predicted molar refractivity (Wildman–Crippen MR) is 109 cm³/mol. The molecule has 0 radical (unpaired) electrons. The fraction of sp³-hybridized carbons (Fsp3) is 0.476. The SMILES string of the molecule is CCCCN1CCC(CNC(=O)c2c3ccccc3n3ccsc23)CC1. The van der Waals surface area contributed by atoms with Crippen LogP contribution in [0, 0.1) is 5.92 Å². The van der Waals surface area contributed by atoms with Crippen LogP contribution in [0.25, 0.3) is 15.7 Å². The Labute approximate surface area is 158 Å². The van der Waals surface area contributed by atoms with E-state index in [9.17, 15) is 4.79 Å². The van der Waals surface area contributed by atoms with E-state index >= 15 is 0 Å². The minimum atomic E-state index is 0.0690. The van der Waals surface area contributed by atoms with E-state index in [1.807, 2.05) is 23.7 Å². The van der Waals surface area contributed by atoms with Crippen molar-refractivity contribution in [2.24, 2.45) is 5.92 Å². The summed E-state index contributed by atoms with van der Waals surface area (Å²) in [4.78, 5) is 16.6. The molecule has 0 bridgehead atoms. The van der Waals surface area contributed by atoms with Gasteiger partial charge in [0.1, 0.15) is 4.83 Å². The lowest BCUT2D eigenvalue weighted by Gasteiger charge is -2.31. The number of thiazole rings is 1. The van der Waals surface area contributed by atoms with Gasteiger partial charge in [-0.2, -0.15) is 0 Å². The van der Waals surface area contributed by atoms with Gasteiger partial charge >= 0.3 is 0 Å². The lowest BCUT2D eigenvalue weighted by Crippen LogP contribution is -2.39. The van der Waals surface area contributed by atoms with Gasteiger partial charge < -0.3 is 14.6 Å². The van der Waals surface area contributed by atoms with Gasteiger partial charge in [0.15, 0.2) is 0 Å². The number of aromatic nitrogens is 1. The first-order valence-electron chi connectivity index (χ1n) is 9.74. The molecule has 3 aromatic rings. The molecule has 0 aliphatic carbocycles. The van der Waals surface area contributed by atoms with E-state index in [0.717, 1.165) is 27.8 Å². The molecule has 2 aromatic heterocycles. The fourth-order valence-corrected chi connectivity index (χ4v) is 4.91. The zero-order valence-electron chi connectivity index (χ0n) is 15.4. The van der Waals surface area contributed by atoms with Crippen molar-refractivity contribution in [1.82, 2.24) is 14.6 Å². The largest absolute Gasteiger partial charge is 0.352 e. The molecule has 1 N–H and O–H groups in total. The minimum Gasteiger partial charge on any atom is -0.352 e. The first kappa shape index (κ1) is 17.6. The van der Waals surface area contributed by atoms with E-state index < -0.39 is 0 Å². The number of fused-ring (bicyclic) bond motifs is 3. The zero-order valence-corrected chi connectivity index (χ0v) is 16.2. The Balaban J connectivity index is 1.41. The first-order chi connectivity index (χ1) is 12.8. The Morgan fingerprint density at radius 3 is 2.88 bits per heavy atom. The molecule has 138 valence electrons. The second kappa shape index (κ2) is 7.80. The van der Waals surface area contributed by atoms with Crippen LogP contribution in [0.5, 0.6) is 0 Å². The van der Waals surface area contributed by atoms with Gasteiger partial charge in [0, 0.05) is 23.5 Å². The Hall–Kier alpha value is -1.85. The number of unbranched alkanes of at least 4 members (excludes halogenated alkanes) is 1. The van der Waals surface area contributed by atoms with Gasteiger partial charge in [0.05, 0.1) is 11.1 Å². The number of nitrogens with one attached hydrogen (secondary N) is 1. The molecule has 0 spiro atoms. The van der Waals surface area contributed by atoms with Gasteiger partial charge in [0.25, 0.3) is 5.91 Å². The molecular weight excluding hydrogens is 342 g/mol. The van der Waals surface area contributed by atoms with E-state index in [0.29, 0.717) is 5.92 Å². The normalized spacial score (nSPS) is 16.5. The minimum absolute atomic E-state index is 0.0690. The summed E-state index contributed by atoms with van der Waals surface area (Å²) in [6, 6.07) is 8.17. The number of amides is 1. The van der Waals surface area contributed by atoms with Crippen molar-refractivity contribution < 1.29 is 4.79 Å². The Morgan fingerprint density at radius 2 is 2.08 bits per heavy atom. The monoisotopic (exact) mass is 369 g/mol. The maximum atomic E-state index is 13.0. The van der Waals surface area contributed by atoms with Crippen LogP contribution in [0.4, 0.5) is 0 Å². The quantitative estimate of drug-likeness (QED) is 0.699. The molecular formula is C21H27N3OS. The van der Waals surface area contributed by atoms with Crippen molar-refractivity contribution in [3.63, 3.8) is 0 Å². The number of carbonyl (C=O) groups excluding carboxylic acids is 1. The molecule has 1 amide bonds. The number of nitrogens with zero attached hydrogens (tertiary/aromatic N) is 2. The lowest BCUT2D eigenvalue weighted by molar-refractivity contribution is 0.0939. The summed E-state index contributed by atoms with van der Waals surface area (Å²) in [5.41, 5.74) is 1.94. The van der Waals surface area contributed by atoms with E-state index in [2.05, 4.69) is 33.7 Å². The molecule has 1 fully saturated rings. The molecule has 1 saturated heterocycles. The van der Waals surface area contributed by atoms with Gasteiger partial charge in [-0.05, 0) is 50.9 Å². The van der Waals surface area contributed by atoms with Crippen LogP contribution < -0.4 is 5.32 Å². The van der Waals surface area contributed by atoms with Crippen LogP contribution >= 0.6 is 11.3 Å². The van der Waals surface area contributed by atoms with Gasteiger partial charge in [-0.15, -0.1) is 11.3 Å². The topological polar surface area (TPSA) is 36.8 Å². The summed E-state index contributed by atoms with van der Waals surface area (Å²) < 4.78 is 2.13. The highest BCUT2D eigenvalue weighted by molar-refractivity contribution is 7.16. The van der Waals surface area contributed by atoms with E-state index in [1.54, 1.807) is 11.3 Å². The number of benzene rings is 1. The highest BCUT2D eigenvalue weighted by atomic mass is 32.1. The molecule has 3 heterocycles. The molecule has 0 unspecified atom stereocenters. The third kappa shape index (κ3) is 3.38. The highest BCUT2D eigenvalue weighted by Crippen LogP contribution is 2.30. The maximum absolute atomic E-state index is 13.0. The van der Waals surface area contributed by atoms with Crippen molar-refractivity contribution in [2.75, 3.05) is 26.2 Å². The standard InChI is InChI=1S/C21H27N3OS/c1-2-3-10-23-11-8-16(9-12-23)15-22-20(25)19-17-6-4-5-7-18(17)24-13-14-26-21(19)24/h4-7,13-14,16H,2-3,8-12,15H2,1H3,(H,22,25). The van der Waals surface area contributed by atoms with Gasteiger partial charge in [-0.3, -0.25) is 4.79 Å². The molecule has 1 aliphatic rings. The molecule has 4 nitrogen and oxygen atoms in total. The van der Waals surface area contributed by atoms with Crippen molar-refractivity contribution in [3.8, 4) is 0 Å². The molecule has 0 atom stereocenters. The summed E-state index contributed by atoms with van der Waals surface area (Å²) in [6.07, 6.45) is 6.98. The summed E-state index contributed by atoms with van der Waals surface area (Å²) in [6.45, 7) is 6.61. The van der Waals surface area contributed by atoms with Gasteiger partial charge in [0.2, 0.25) is 0 Å². The molecule has 1 aliphatic heterocycles. The van der Waals surface area contributed by atoms with E-state index in [4.69, 9.17) is 0 Å². The fourth-order valence-electron chi connectivity index (χ4n) is 4.00. The van der Waals surface area contributed by atoms with Crippen LogP contribution in [0.15, 0.2) is 35.8 Å². The molecule has 0 saturated carbocycles. The zero-order chi connectivity index (χ0) is 17.9. The van der Waals surface area contributed by atoms with Crippen LogP contribution in [-0.2, 0) is 0 Å². The van der Waals surface area contributed by atoms with E-state index in [-0.39, 0.29) is 5.91 Å². The number of hydrogen-bond donors (Lipinski definition) is 1. The van der Waals surface area contributed by atoms with Crippen LogP contribution in [0.2, 0.25) is 0 Å². The van der Waals surface area contributed by atoms with Crippen LogP contribution in [0.1, 0.15) is 43.0 Å². The molecule has 5 heteroatoms. The van der Waals surface area contributed by atoms with Gasteiger partial charge in [-0.1, -0.05) is 31.5 Å². The maximum Gasteiger partial charge on any atom is 0.254 e. The van der Waals surface area contributed by atoms with E-state index in [1.165, 1.54) is 45.3 Å². The lowest BCUT2D eigenvalue weighted by atomic mass is 9.96. The van der Waals surface area contributed by atoms with Gasteiger partial charge in [-0.25, -0.2) is 0 Å². The highest BCUT2D eigenvalue weighted by Gasteiger charge is 2.22. The second-order valence-corrected chi connectivity index (χ2v) is 8.21. The Kier molecular flexibility index (Phi) is 5.27. The first-order valence-corrected chi connectivity index (χ1v) is 10.6. The van der Waals surface area contributed by atoms with Crippen molar-refractivity contribution in [1.29, 1.82) is 0 Å². The Bertz CT molecular complexity index is 889. The second-order valence-electron chi connectivity index (χ2n) is 7.32. The summed E-state index contributed by atoms with van der Waals surface area (Å²) in [5.74, 6) is 0.670. The van der Waals surface area contributed by atoms with Crippen molar-refractivity contribution >= 4 is 33.0 Å². The Morgan fingerprint density at radius 1 is 1.27 bits per heavy atom. The molecule has 4 rings (SSSR count). The number of likely N-dealkylation sites (tertiary alicyclic amines) is 1. The van der Waals surface area contributed by atoms with Crippen molar-refractivity contribution in [3.05, 3.63) is 41.4 Å².